The molecule has 2 heterocycles. The van der Waals surface area contributed by atoms with Crippen LogP contribution in [0.2, 0.25) is 5.02 Å². The molecule has 0 atom stereocenters. The van der Waals surface area contributed by atoms with E-state index < -0.39 is 17.8 Å². The van der Waals surface area contributed by atoms with E-state index in [1.807, 2.05) is 42.5 Å². The van der Waals surface area contributed by atoms with Crippen molar-refractivity contribution in [2.75, 3.05) is 26.2 Å². The third kappa shape index (κ3) is 6.09. The number of hydrogen-bond donors (Lipinski definition) is 2. The van der Waals surface area contributed by atoms with Crippen LogP contribution in [0.4, 0.5) is 4.79 Å². The Kier molecular flexibility index (Phi) is 8.68. The number of hydrogen-bond acceptors (Lipinski definition) is 6. The van der Waals surface area contributed by atoms with Gasteiger partial charge in [-0.25, -0.2) is 9.78 Å². The number of aryl methyl sites for hydroxylation is 1. The first-order chi connectivity index (χ1) is 22.3. The molecule has 3 aromatic rings. The van der Waals surface area contributed by atoms with Crippen LogP contribution in [0, 0.1) is 30.6 Å². The second kappa shape index (κ2) is 12.9. The van der Waals surface area contributed by atoms with Gasteiger partial charge in [0.25, 0.3) is 5.91 Å². The van der Waals surface area contributed by atoms with E-state index in [0.29, 0.717) is 34.9 Å². The highest BCUT2D eigenvalue weighted by atomic mass is 35.5. The molecule has 1 aliphatic heterocycles. The van der Waals surface area contributed by atoms with Crippen LogP contribution < -0.4 is 10.1 Å². The molecule has 2 N–H and O–H groups in total. The van der Waals surface area contributed by atoms with Crippen LogP contribution in [0.25, 0.3) is 22.4 Å². The van der Waals surface area contributed by atoms with E-state index in [1.54, 1.807) is 6.07 Å². The second-order valence-electron chi connectivity index (χ2n) is 13.7. The van der Waals surface area contributed by atoms with Crippen LogP contribution in [-0.4, -0.2) is 59.0 Å². The minimum absolute atomic E-state index is 0.0315. The lowest BCUT2D eigenvalue weighted by Gasteiger charge is -2.59. The summed E-state index contributed by atoms with van der Waals surface area (Å²) in [4.78, 5) is 33.4. The number of amides is 1. The normalized spacial score (nSPS) is 26.7. The van der Waals surface area contributed by atoms with Gasteiger partial charge in [0.15, 0.2) is 5.72 Å². The molecule has 5 aliphatic rings. The molecule has 0 spiro atoms. The fourth-order valence-corrected chi connectivity index (χ4v) is 8.97. The van der Waals surface area contributed by atoms with E-state index in [1.165, 1.54) is 19.3 Å². The molecule has 4 aliphatic carbocycles. The van der Waals surface area contributed by atoms with Gasteiger partial charge in [0.05, 0.1) is 17.3 Å². The summed E-state index contributed by atoms with van der Waals surface area (Å²) in [6, 6.07) is 17.3. The van der Waals surface area contributed by atoms with Crippen LogP contribution in [0.3, 0.4) is 0 Å². The number of carbonyl (C=O) groups excluding carboxylic acids is 1. The summed E-state index contributed by atoms with van der Waals surface area (Å²) in [5, 5.41) is 13.4. The molecular weight excluding hydrogens is 602 g/mol. The zero-order chi connectivity index (χ0) is 31.8. The molecule has 8 rings (SSSR count). The minimum Gasteiger partial charge on any atom is -0.492 e. The molecule has 0 radical (unpaired) electrons. The molecule has 9 heteroatoms. The summed E-state index contributed by atoms with van der Waals surface area (Å²) >= 11 is 6.60. The van der Waals surface area contributed by atoms with Gasteiger partial charge in [0.1, 0.15) is 11.4 Å². The molecule has 1 aromatic heterocycles. The van der Waals surface area contributed by atoms with Crippen LogP contribution >= 0.6 is 11.6 Å². The predicted octanol–water partition coefficient (Wildman–Crippen LogP) is 7.82. The van der Waals surface area contributed by atoms with E-state index in [4.69, 9.17) is 26.1 Å². The van der Waals surface area contributed by atoms with Gasteiger partial charge in [0.2, 0.25) is 0 Å². The summed E-state index contributed by atoms with van der Waals surface area (Å²) in [5.41, 5.74) is 3.34. The number of nitrogens with one attached hydrogen (secondary N) is 1. The molecule has 1 amide bonds. The number of likely N-dealkylation sites (tertiary alicyclic amines) is 1. The van der Waals surface area contributed by atoms with Crippen LogP contribution in [-0.2, 0) is 4.74 Å². The highest BCUT2D eigenvalue weighted by Crippen LogP contribution is 2.58. The molecule has 1 saturated heterocycles. The summed E-state index contributed by atoms with van der Waals surface area (Å²) in [5.74, 6) is 1.23. The van der Waals surface area contributed by atoms with Gasteiger partial charge in [0, 0.05) is 29.5 Å². The van der Waals surface area contributed by atoms with E-state index >= 15 is 0 Å². The number of halogens is 1. The first-order valence-corrected chi connectivity index (χ1v) is 17.1. The van der Waals surface area contributed by atoms with E-state index in [2.05, 4.69) is 23.2 Å². The lowest BCUT2D eigenvalue weighted by Crippen LogP contribution is -2.68. The summed E-state index contributed by atoms with van der Waals surface area (Å²) < 4.78 is 11.8. The lowest BCUT2D eigenvalue weighted by atomic mass is 9.52. The largest absolute Gasteiger partial charge is 0.507 e. The van der Waals surface area contributed by atoms with Crippen LogP contribution in [0.1, 0.15) is 67.4 Å². The maximum absolute atomic E-state index is 14.0. The Morgan fingerprint density at radius 2 is 1.70 bits per heavy atom. The Hall–Kier alpha value is -3.62. The van der Waals surface area contributed by atoms with Gasteiger partial charge in [-0.3, -0.25) is 4.79 Å². The number of rotatable bonds is 10. The van der Waals surface area contributed by atoms with Gasteiger partial charge in [-0.2, -0.15) is 0 Å². The number of ether oxygens (including phenoxy) is 2. The first-order valence-electron chi connectivity index (χ1n) is 16.8. The van der Waals surface area contributed by atoms with Crippen molar-refractivity contribution in [1.29, 1.82) is 0 Å². The topological polar surface area (TPSA) is 101 Å². The first kappa shape index (κ1) is 31.0. The molecule has 46 heavy (non-hydrogen) atoms. The molecule has 2 aromatic carbocycles. The molecule has 4 saturated carbocycles. The van der Waals surface area contributed by atoms with Crippen molar-refractivity contribution in [1.82, 2.24) is 15.2 Å². The van der Waals surface area contributed by atoms with Gasteiger partial charge >= 0.3 is 6.16 Å². The minimum atomic E-state index is -1.36. The molecule has 0 unspecified atom stereocenters. The predicted molar refractivity (Wildman–Crippen MR) is 177 cm³/mol. The lowest BCUT2D eigenvalue weighted by molar-refractivity contribution is -0.191. The second-order valence-corrected chi connectivity index (χ2v) is 14.1. The van der Waals surface area contributed by atoms with E-state index in [-0.39, 0.29) is 17.5 Å². The average Bonchev–Trinajstić information content (AvgIpc) is 3.56. The Balaban J connectivity index is 1.20. The van der Waals surface area contributed by atoms with Crippen molar-refractivity contribution >= 4 is 23.7 Å². The number of nitrogens with zero attached hydrogens (tertiary/aromatic N) is 2. The third-order valence-corrected chi connectivity index (χ3v) is 11.1. The number of pyridine rings is 1. The van der Waals surface area contributed by atoms with E-state index in [0.717, 1.165) is 74.0 Å². The van der Waals surface area contributed by atoms with Crippen LogP contribution in [0.15, 0.2) is 54.6 Å². The molecular formula is C37H42ClN3O5. The summed E-state index contributed by atoms with van der Waals surface area (Å²) in [7, 11) is 0. The molecule has 5 fully saturated rings. The Labute approximate surface area is 275 Å². The summed E-state index contributed by atoms with van der Waals surface area (Å²) in [6.45, 7) is 5.91. The number of carbonyl (C=O) groups is 2. The van der Waals surface area contributed by atoms with Gasteiger partial charge in [-0.05, 0) is 119 Å². The highest BCUT2D eigenvalue weighted by Gasteiger charge is 2.60. The fourth-order valence-electron chi connectivity index (χ4n) is 8.80. The zero-order valence-corrected chi connectivity index (χ0v) is 27.1. The van der Waals surface area contributed by atoms with Crippen molar-refractivity contribution < 1.29 is 24.2 Å². The van der Waals surface area contributed by atoms with Crippen molar-refractivity contribution in [3.05, 3.63) is 70.9 Å². The number of aromatic nitrogens is 1. The van der Waals surface area contributed by atoms with Crippen molar-refractivity contribution in [2.45, 2.75) is 64.0 Å². The SMILES string of the molecule is Cc1ccccc1-c1ccc(C(=O)NC2(OC(=O)O)C3CC4CC(C3)CC2C4)nc1-c1ccc(Cl)c(OCCCN2CCCC2)c1. The Morgan fingerprint density at radius 1 is 0.978 bits per heavy atom. The van der Waals surface area contributed by atoms with Crippen molar-refractivity contribution in [2.24, 2.45) is 23.7 Å². The zero-order valence-electron chi connectivity index (χ0n) is 26.3. The quantitative estimate of drug-likeness (QED) is 0.132. The molecule has 4 bridgehead atoms. The standard InChI is InChI=1S/C37H42ClN3O5/c1-23-7-2-3-8-29(23)30-10-12-32(35(42)40-37(46-36(43)44)27-18-24-17-25(20-27)21-28(37)19-24)39-34(30)26-9-11-31(38)33(22-26)45-16-6-15-41-13-4-5-14-41/h2-3,7-12,22,24-25,27-28H,4-6,13-21H2,1H3,(H,40,42)(H,43,44). The fraction of sp³-hybridized carbons (Fsp3) is 0.486. The Morgan fingerprint density at radius 3 is 2.39 bits per heavy atom. The Bertz CT molecular complexity index is 1590. The highest BCUT2D eigenvalue weighted by molar-refractivity contribution is 6.32. The number of benzene rings is 2. The maximum Gasteiger partial charge on any atom is 0.507 e. The van der Waals surface area contributed by atoms with Gasteiger partial charge < -0.3 is 24.8 Å². The summed E-state index contributed by atoms with van der Waals surface area (Å²) in [6.07, 6.45) is 6.76. The van der Waals surface area contributed by atoms with Gasteiger partial charge in [-0.15, -0.1) is 0 Å². The maximum atomic E-state index is 14.0. The third-order valence-electron chi connectivity index (χ3n) is 10.8. The molecule has 8 nitrogen and oxygen atoms in total. The average molecular weight is 644 g/mol. The molecule has 242 valence electrons. The number of carboxylic acid groups (broad SMARTS) is 1. The van der Waals surface area contributed by atoms with E-state index in [9.17, 15) is 14.7 Å². The van der Waals surface area contributed by atoms with Crippen LogP contribution in [0.5, 0.6) is 5.75 Å². The van der Waals surface area contributed by atoms with Crippen molar-refractivity contribution in [3.63, 3.8) is 0 Å². The van der Waals surface area contributed by atoms with Crippen molar-refractivity contribution in [3.8, 4) is 28.1 Å². The van der Waals surface area contributed by atoms with Gasteiger partial charge in [-0.1, -0.05) is 41.9 Å². The monoisotopic (exact) mass is 643 g/mol. The smallest absolute Gasteiger partial charge is 0.492 e.